The Balaban J connectivity index is 3.60. The van der Waals surface area contributed by atoms with E-state index in [-0.39, 0.29) is 5.54 Å². The van der Waals surface area contributed by atoms with Crippen LogP contribution in [0.15, 0.2) is 0 Å². The first-order valence-electron chi connectivity index (χ1n) is 3.26. The van der Waals surface area contributed by atoms with Gasteiger partial charge in [-0.1, -0.05) is 19.1 Å². The summed E-state index contributed by atoms with van der Waals surface area (Å²) < 4.78 is 0. The van der Waals surface area contributed by atoms with Crippen LogP contribution in [-0.4, -0.2) is 10.5 Å². The Morgan fingerprint density at radius 1 is 1.44 bits per heavy atom. The number of hydrogen-bond acceptors (Lipinski definition) is 1. The molecule has 0 rings (SSSR count). The Hall–Kier alpha value is -0.110. The van der Waals surface area contributed by atoms with Gasteiger partial charge in [0, 0.05) is 5.54 Å². The molecule has 0 bridgehead atoms. The maximum absolute atomic E-state index is 4.99. The minimum absolute atomic E-state index is 0.132. The van der Waals surface area contributed by atoms with Crippen molar-refractivity contribution in [1.82, 2.24) is 5.32 Å². The van der Waals surface area contributed by atoms with Crippen LogP contribution in [0.3, 0.4) is 0 Å². The molecule has 0 fully saturated rings. The van der Waals surface area contributed by atoms with Gasteiger partial charge in [0.2, 0.25) is 0 Å². The van der Waals surface area contributed by atoms with E-state index in [0.717, 1.165) is 11.4 Å². The summed E-state index contributed by atoms with van der Waals surface area (Å²) in [5.74, 6) is 0. The van der Waals surface area contributed by atoms with Crippen LogP contribution in [-0.2, 0) is 0 Å². The molecular weight excluding hydrogens is 130 g/mol. The molecule has 0 aromatic heterocycles. The molecule has 0 radical (unpaired) electrons. The van der Waals surface area contributed by atoms with Crippen molar-refractivity contribution in [3.63, 3.8) is 0 Å². The Kier molecular flexibility index (Phi) is 3.12. The Morgan fingerprint density at radius 2 is 1.89 bits per heavy atom. The second kappa shape index (κ2) is 3.16. The molecule has 0 saturated heterocycles. The molecule has 0 aliphatic rings. The third-order valence-corrected chi connectivity index (χ3v) is 1.23. The van der Waals surface area contributed by atoms with E-state index in [1.54, 1.807) is 0 Å². The molecule has 0 heterocycles. The van der Waals surface area contributed by atoms with Gasteiger partial charge in [-0.05, 0) is 27.2 Å². The molecule has 0 spiro atoms. The maximum atomic E-state index is 4.99. The van der Waals surface area contributed by atoms with Gasteiger partial charge in [0.25, 0.3) is 0 Å². The van der Waals surface area contributed by atoms with E-state index in [1.165, 1.54) is 0 Å². The topological polar surface area (TPSA) is 12.0 Å². The van der Waals surface area contributed by atoms with E-state index in [9.17, 15) is 0 Å². The summed E-state index contributed by atoms with van der Waals surface area (Å²) >= 11 is 4.99. The highest BCUT2D eigenvalue weighted by Gasteiger charge is 2.08. The molecule has 0 atom stereocenters. The molecule has 0 unspecified atom stereocenters. The normalized spacial score (nSPS) is 11.1. The Morgan fingerprint density at radius 3 is 2.00 bits per heavy atom. The van der Waals surface area contributed by atoms with Crippen molar-refractivity contribution in [2.24, 2.45) is 0 Å². The van der Waals surface area contributed by atoms with Crippen molar-refractivity contribution >= 4 is 17.2 Å². The molecule has 1 nitrogen and oxygen atoms in total. The van der Waals surface area contributed by atoms with E-state index >= 15 is 0 Å². The second-order valence-corrected chi connectivity index (χ2v) is 3.64. The lowest BCUT2D eigenvalue weighted by molar-refractivity contribution is 0.511. The lowest BCUT2D eigenvalue weighted by atomic mass is 10.1. The van der Waals surface area contributed by atoms with E-state index in [1.807, 2.05) is 0 Å². The molecule has 1 N–H and O–H groups in total. The fourth-order valence-corrected chi connectivity index (χ4v) is 0.813. The third-order valence-electron chi connectivity index (χ3n) is 0.836. The lowest BCUT2D eigenvalue weighted by Crippen LogP contribution is -2.39. The summed E-state index contributed by atoms with van der Waals surface area (Å²) in [5, 5.41) is 3.20. The number of thiocarbonyl (C=S) groups is 1. The summed E-state index contributed by atoms with van der Waals surface area (Å²) in [7, 11) is 0. The minimum atomic E-state index is 0.132. The number of hydrogen-bond donors (Lipinski definition) is 1. The van der Waals surface area contributed by atoms with Crippen LogP contribution in [0.5, 0.6) is 0 Å². The second-order valence-electron chi connectivity index (χ2n) is 3.15. The van der Waals surface area contributed by atoms with Gasteiger partial charge in [0.1, 0.15) is 0 Å². The minimum Gasteiger partial charge on any atom is -0.375 e. The molecule has 0 aliphatic carbocycles. The van der Waals surface area contributed by atoms with Crippen LogP contribution < -0.4 is 5.32 Å². The first kappa shape index (κ1) is 8.89. The third kappa shape index (κ3) is 5.77. The van der Waals surface area contributed by atoms with Crippen LogP contribution >= 0.6 is 12.2 Å². The molecular formula is C7H15NS. The summed E-state index contributed by atoms with van der Waals surface area (Å²) in [4.78, 5) is 0.947. The van der Waals surface area contributed by atoms with Crippen LogP contribution in [0.25, 0.3) is 0 Å². The molecule has 0 aromatic rings. The van der Waals surface area contributed by atoms with E-state index in [2.05, 4.69) is 33.0 Å². The van der Waals surface area contributed by atoms with Crippen molar-refractivity contribution in [3.05, 3.63) is 0 Å². The lowest BCUT2D eigenvalue weighted by Gasteiger charge is -2.21. The van der Waals surface area contributed by atoms with Crippen LogP contribution in [0.2, 0.25) is 0 Å². The maximum Gasteiger partial charge on any atom is 0.0754 e. The summed E-state index contributed by atoms with van der Waals surface area (Å²) in [6, 6.07) is 0. The molecule has 0 aliphatic heterocycles. The van der Waals surface area contributed by atoms with Gasteiger partial charge in [-0.15, -0.1) is 0 Å². The summed E-state index contributed by atoms with van der Waals surface area (Å²) in [6.07, 6.45) is 0.937. The fourth-order valence-electron chi connectivity index (χ4n) is 0.507. The van der Waals surface area contributed by atoms with Gasteiger partial charge >= 0.3 is 0 Å². The SMILES string of the molecule is CCC(=S)NC(C)(C)C. The highest BCUT2D eigenvalue weighted by atomic mass is 32.1. The van der Waals surface area contributed by atoms with Gasteiger partial charge in [0.15, 0.2) is 0 Å². The monoisotopic (exact) mass is 145 g/mol. The molecule has 0 amide bonds. The van der Waals surface area contributed by atoms with E-state index in [4.69, 9.17) is 12.2 Å². The van der Waals surface area contributed by atoms with Gasteiger partial charge in [0.05, 0.1) is 4.99 Å². The van der Waals surface area contributed by atoms with Crippen LogP contribution in [0.4, 0.5) is 0 Å². The van der Waals surface area contributed by atoms with Gasteiger partial charge in [-0.25, -0.2) is 0 Å². The molecule has 0 saturated carbocycles. The zero-order valence-electron chi connectivity index (χ0n) is 6.62. The number of nitrogens with one attached hydrogen (secondary N) is 1. The summed E-state index contributed by atoms with van der Waals surface area (Å²) in [6.45, 7) is 8.37. The largest absolute Gasteiger partial charge is 0.375 e. The Bertz CT molecular complexity index is 102. The molecule has 54 valence electrons. The van der Waals surface area contributed by atoms with Gasteiger partial charge in [-0.2, -0.15) is 0 Å². The first-order valence-corrected chi connectivity index (χ1v) is 3.67. The van der Waals surface area contributed by atoms with E-state index < -0.39 is 0 Å². The van der Waals surface area contributed by atoms with E-state index in [0.29, 0.717) is 0 Å². The smallest absolute Gasteiger partial charge is 0.0754 e. The highest BCUT2D eigenvalue weighted by Crippen LogP contribution is 1.99. The average Bonchev–Trinajstić information content (AvgIpc) is 1.62. The predicted molar refractivity (Wildman–Crippen MR) is 45.8 cm³/mol. The number of rotatable bonds is 1. The van der Waals surface area contributed by atoms with Crippen molar-refractivity contribution in [2.45, 2.75) is 39.7 Å². The van der Waals surface area contributed by atoms with Crippen LogP contribution in [0, 0.1) is 0 Å². The highest BCUT2D eigenvalue weighted by molar-refractivity contribution is 7.80. The Labute approximate surface area is 62.8 Å². The standard InChI is InChI=1S/C7H15NS/c1-5-6(9)8-7(2,3)4/h5H2,1-4H3,(H,8,9). The van der Waals surface area contributed by atoms with Crippen LogP contribution in [0.1, 0.15) is 34.1 Å². The zero-order chi connectivity index (χ0) is 7.49. The fraction of sp³-hybridized carbons (Fsp3) is 0.857. The van der Waals surface area contributed by atoms with Gasteiger partial charge in [-0.3, -0.25) is 0 Å². The predicted octanol–water partition coefficient (Wildman–Crippen LogP) is 2.11. The van der Waals surface area contributed by atoms with Gasteiger partial charge < -0.3 is 5.32 Å². The molecule has 9 heavy (non-hydrogen) atoms. The van der Waals surface area contributed by atoms with Crippen molar-refractivity contribution in [1.29, 1.82) is 0 Å². The van der Waals surface area contributed by atoms with Crippen molar-refractivity contribution in [3.8, 4) is 0 Å². The summed E-state index contributed by atoms with van der Waals surface area (Å²) in [5.41, 5.74) is 0.132. The average molecular weight is 145 g/mol. The molecule has 0 aromatic carbocycles. The first-order chi connectivity index (χ1) is 3.95. The molecule has 2 heteroatoms. The van der Waals surface area contributed by atoms with Crippen molar-refractivity contribution in [2.75, 3.05) is 0 Å². The zero-order valence-corrected chi connectivity index (χ0v) is 7.43. The quantitative estimate of drug-likeness (QED) is 0.567. The van der Waals surface area contributed by atoms with Crippen molar-refractivity contribution < 1.29 is 0 Å².